The van der Waals surface area contributed by atoms with E-state index in [0.717, 1.165) is 38.9 Å². The minimum atomic E-state index is 0.0510. The Morgan fingerprint density at radius 1 is 1.22 bits per heavy atom. The summed E-state index contributed by atoms with van der Waals surface area (Å²) in [5.41, 5.74) is 1.40. The van der Waals surface area contributed by atoms with Gasteiger partial charge in [0.05, 0.1) is 12.0 Å². The van der Waals surface area contributed by atoms with Crippen LogP contribution in [0.15, 0.2) is 23.4 Å². The van der Waals surface area contributed by atoms with Crippen molar-refractivity contribution in [2.45, 2.75) is 45.1 Å². The summed E-state index contributed by atoms with van der Waals surface area (Å²) in [5, 5.41) is 1.22. The van der Waals surface area contributed by atoms with Gasteiger partial charge in [-0.2, -0.15) is 0 Å². The monoisotopic (exact) mass is 330 g/mol. The maximum Gasteiger partial charge on any atom is 0.253 e. The van der Waals surface area contributed by atoms with Gasteiger partial charge in [-0.1, -0.05) is 0 Å². The SMILES string of the molecule is O=c1ccncn1CC1CCN(c2nc3c(s2)CCCC3)CC1. The zero-order valence-electron chi connectivity index (χ0n) is 13.3. The topological polar surface area (TPSA) is 51.0 Å². The van der Waals surface area contributed by atoms with E-state index in [2.05, 4.69) is 9.88 Å². The molecule has 2 aromatic rings. The summed E-state index contributed by atoms with van der Waals surface area (Å²) in [6.07, 6.45) is 10.4. The van der Waals surface area contributed by atoms with Crippen LogP contribution in [0.1, 0.15) is 36.3 Å². The number of thiazole rings is 1. The van der Waals surface area contributed by atoms with Crippen LogP contribution in [0.25, 0.3) is 0 Å². The molecule has 0 saturated carbocycles. The van der Waals surface area contributed by atoms with Gasteiger partial charge in [-0.3, -0.25) is 9.36 Å². The highest BCUT2D eigenvalue weighted by Crippen LogP contribution is 2.33. The fourth-order valence-corrected chi connectivity index (χ4v) is 4.77. The highest BCUT2D eigenvalue weighted by Gasteiger charge is 2.24. The Morgan fingerprint density at radius 3 is 2.83 bits per heavy atom. The quantitative estimate of drug-likeness (QED) is 0.868. The molecule has 0 unspecified atom stereocenters. The first-order chi connectivity index (χ1) is 11.3. The predicted octanol–water partition coefficient (Wildman–Crippen LogP) is 2.50. The van der Waals surface area contributed by atoms with Crippen LogP contribution < -0.4 is 10.5 Å². The first kappa shape index (κ1) is 14.9. The van der Waals surface area contributed by atoms with Crippen molar-refractivity contribution in [1.29, 1.82) is 0 Å². The van der Waals surface area contributed by atoms with Gasteiger partial charge in [0, 0.05) is 36.8 Å². The van der Waals surface area contributed by atoms with Gasteiger partial charge in [-0.05, 0) is 44.4 Å². The first-order valence-corrected chi connectivity index (χ1v) is 9.35. The Balaban J connectivity index is 1.38. The molecule has 122 valence electrons. The molecule has 0 N–H and O–H groups in total. The van der Waals surface area contributed by atoms with Gasteiger partial charge in [0.2, 0.25) is 0 Å². The Kier molecular flexibility index (Phi) is 4.16. The maximum atomic E-state index is 11.8. The van der Waals surface area contributed by atoms with Crippen molar-refractivity contribution in [2.75, 3.05) is 18.0 Å². The van der Waals surface area contributed by atoms with Crippen LogP contribution in [-0.2, 0) is 19.4 Å². The van der Waals surface area contributed by atoms with Gasteiger partial charge in [-0.15, -0.1) is 11.3 Å². The van der Waals surface area contributed by atoms with Crippen molar-refractivity contribution < 1.29 is 0 Å². The summed E-state index contributed by atoms with van der Waals surface area (Å²) in [4.78, 5) is 24.7. The fraction of sp³-hybridized carbons (Fsp3) is 0.588. The molecule has 0 atom stereocenters. The van der Waals surface area contributed by atoms with E-state index in [9.17, 15) is 4.79 Å². The average Bonchev–Trinajstić information content (AvgIpc) is 3.02. The molecule has 3 heterocycles. The van der Waals surface area contributed by atoms with Crippen LogP contribution in [0.4, 0.5) is 5.13 Å². The molecule has 1 saturated heterocycles. The van der Waals surface area contributed by atoms with Crippen molar-refractivity contribution >= 4 is 16.5 Å². The zero-order chi connectivity index (χ0) is 15.6. The summed E-state index contributed by atoms with van der Waals surface area (Å²) in [5.74, 6) is 0.558. The molecule has 0 amide bonds. The minimum absolute atomic E-state index is 0.0510. The van der Waals surface area contributed by atoms with Crippen LogP contribution in [0, 0.1) is 5.92 Å². The van der Waals surface area contributed by atoms with Crippen molar-refractivity contribution in [1.82, 2.24) is 14.5 Å². The molecule has 6 heteroatoms. The van der Waals surface area contributed by atoms with Gasteiger partial charge in [0.1, 0.15) is 0 Å². The minimum Gasteiger partial charge on any atom is -0.348 e. The van der Waals surface area contributed by atoms with Gasteiger partial charge in [0.25, 0.3) is 5.56 Å². The molecule has 0 radical (unpaired) electrons. The Hall–Kier alpha value is -1.69. The molecule has 1 aliphatic heterocycles. The van der Waals surface area contributed by atoms with Crippen molar-refractivity contribution in [2.24, 2.45) is 5.92 Å². The number of fused-ring (bicyclic) bond motifs is 1. The third-order valence-electron chi connectivity index (χ3n) is 4.97. The van der Waals surface area contributed by atoms with Crippen molar-refractivity contribution in [3.05, 3.63) is 39.5 Å². The van der Waals surface area contributed by atoms with E-state index in [-0.39, 0.29) is 5.56 Å². The molecule has 4 rings (SSSR count). The Bertz CT molecular complexity index is 707. The first-order valence-electron chi connectivity index (χ1n) is 8.53. The fourth-order valence-electron chi connectivity index (χ4n) is 3.57. The number of aryl methyl sites for hydroxylation is 2. The van der Waals surface area contributed by atoms with E-state index in [4.69, 9.17) is 4.98 Å². The number of nitrogens with zero attached hydrogens (tertiary/aromatic N) is 4. The largest absolute Gasteiger partial charge is 0.348 e. The van der Waals surface area contributed by atoms with E-state index in [0.29, 0.717) is 5.92 Å². The van der Waals surface area contributed by atoms with Gasteiger partial charge in [-0.25, -0.2) is 9.97 Å². The highest BCUT2D eigenvalue weighted by atomic mass is 32.1. The highest BCUT2D eigenvalue weighted by molar-refractivity contribution is 7.15. The molecule has 0 aromatic carbocycles. The molecule has 2 aromatic heterocycles. The second kappa shape index (κ2) is 6.43. The summed E-state index contributed by atoms with van der Waals surface area (Å²) in [6.45, 7) is 2.88. The molecule has 0 bridgehead atoms. The molecule has 1 fully saturated rings. The van der Waals surface area contributed by atoms with Crippen LogP contribution in [0.2, 0.25) is 0 Å². The second-order valence-electron chi connectivity index (χ2n) is 6.57. The molecule has 1 aliphatic carbocycles. The van der Waals surface area contributed by atoms with E-state index >= 15 is 0 Å². The summed E-state index contributed by atoms with van der Waals surface area (Å²) in [7, 11) is 0. The second-order valence-corrected chi connectivity index (χ2v) is 7.64. The average molecular weight is 330 g/mol. The van der Waals surface area contributed by atoms with E-state index < -0.39 is 0 Å². The molecular weight excluding hydrogens is 308 g/mol. The predicted molar refractivity (Wildman–Crippen MR) is 92.2 cm³/mol. The van der Waals surface area contributed by atoms with Crippen LogP contribution in [0.5, 0.6) is 0 Å². The number of anilines is 1. The standard InChI is InChI=1S/C17H22N4OS/c22-16-5-8-18-12-21(16)11-13-6-9-20(10-7-13)17-19-14-3-1-2-4-15(14)23-17/h5,8,12-13H,1-4,6-7,9-11H2. The lowest BCUT2D eigenvalue weighted by Gasteiger charge is -2.31. The molecule has 0 spiro atoms. The van der Waals surface area contributed by atoms with Crippen LogP contribution in [0.3, 0.4) is 0 Å². The normalized spacial score (nSPS) is 18.9. The molecule has 5 nitrogen and oxygen atoms in total. The number of aromatic nitrogens is 3. The van der Waals surface area contributed by atoms with Gasteiger partial charge >= 0.3 is 0 Å². The molecule has 23 heavy (non-hydrogen) atoms. The summed E-state index contributed by atoms with van der Waals surface area (Å²) in [6, 6.07) is 1.54. The third kappa shape index (κ3) is 3.17. The molecule has 2 aliphatic rings. The summed E-state index contributed by atoms with van der Waals surface area (Å²) < 4.78 is 1.74. The van der Waals surface area contributed by atoms with Crippen molar-refractivity contribution in [3.63, 3.8) is 0 Å². The van der Waals surface area contributed by atoms with Gasteiger partial charge < -0.3 is 4.90 Å². The maximum absolute atomic E-state index is 11.8. The van der Waals surface area contributed by atoms with Crippen molar-refractivity contribution in [3.8, 4) is 0 Å². The number of hydrogen-bond donors (Lipinski definition) is 0. The zero-order valence-corrected chi connectivity index (χ0v) is 14.1. The number of rotatable bonds is 3. The Labute approximate surface area is 140 Å². The number of piperidine rings is 1. The lowest BCUT2D eigenvalue weighted by molar-refractivity contribution is 0.351. The van der Waals surface area contributed by atoms with Crippen LogP contribution in [-0.4, -0.2) is 27.6 Å². The van der Waals surface area contributed by atoms with E-state index in [1.54, 1.807) is 17.1 Å². The number of hydrogen-bond acceptors (Lipinski definition) is 5. The van der Waals surface area contributed by atoms with E-state index in [1.165, 1.54) is 41.0 Å². The van der Waals surface area contributed by atoms with Crippen LogP contribution >= 0.6 is 11.3 Å². The third-order valence-corrected chi connectivity index (χ3v) is 6.18. The van der Waals surface area contributed by atoms with Gasteiger partial charge in [0.15, 0.2) is 5.13 Å². The summed E-state index contributed by atoms with van der Waals surface area (Å²) >= 11 is 1.90. The lowest BCUT2D eigenvalue weighted by atomic mass is 9.97. The lowest BCUT2D eigenvalue weighted by Crippen LogP contribution is -2.36. The van der Waals surface area contributed by atoms with E-state index in [1.807, 2.05) is 11.3 Å². The smallest absolute Gasteiger partial charge is 0.253 e. The molecular formula is C17H22N4OS. The Morgan fingerprint density at radius 2 is 2.04 bits per heavy atom.